The van der Waals surface area contributed by atoms with Gasteiger partial charge in [-0.15, -0.1) is 0 Å². The molecule has 0 radical (unpaired) electrons. The van der Waals surface area contributed by atoms with Crippen molar-refractivity contribution in [2.45, 2.75) is 12.5 Å². The number of hydrogen-bond donors (Lipinski definition) is 1. The molecule has 1 atom stereocenters. The van der Waals surface area contributed by atoms with E-state index in [1.54, 1.807) is 6.07 Å². The maximum atomic E-state index is 13.6. The van der Waals surface area contributed by atoms with Crippen molar-refractivity contribution in [2.75, 3.05) is 12.4 Å². The lowest BCUT2D eigenvalue weighted by molar-refractivity contribution is -0.136. The molecule has 1 heterocycles. The second-order valence-electron chi connectivity index (χ2n) is 4.12. The van der Waals surface area contributed by atoms with Gasteiger partial charge in [-0.25, -0.2) is 8.78 Å². The summed E-state index contributed by atoms with van der Waals surface area (Å²) in [4.78, 5) is 23.8. The number of nitrogens with one attached hydrogen (secondary N) is 1. The average Bonchev–Trinajstić information content (AvgIpc) is 2.61. The van der Waals surface area contributed by atoms with E-state index in [9.17, 15) is 18.4 Å². The molecule has 2 amide bonds. The van der Waals surface area contributed by atoms with E-state index in [-0.39, 0.29) is 12.0 Å². The van der Waals surface area contributed by atoms with E-state index in [1.807, 2.05) is 0 Å². The van der Waals surface area contributed by atoms with Gasteiger partial charge in [0.1, 0.15) is 11.7 Å². The summed E-state index contributed by atoms with van der Waals surface area (Å²) in [6.45, 7) is 0. The molecule has 1 N–H and O–H groups in total. The Morgan fingerprint density at radius 2 is 1.95 bits per heavy atom. The van der Waals surface area contributed by atoms with Crippen LogP contribution in [0.4, 0.5) is 14.5 Å². The van der Waals surface area contributed by atoms with Crippen LogP contribution in [0.25, 0.3) is 0 Å². The van der Waals surface area contributed by atoms with E-state index in [4.69, 9.17) is 5.26 Å². The number of carbonyl (C=O) groups excluding carboxylic acids is 2. The summed E-state index contributed by atoms with van der Waals surface area (Å²) in [5.74, 6) is -2.93. The summed E-state index contributed by atoms with van der Waals surface area (Å²) in [6.07, 6.45) is -0.159. The normalized spacial score (nSPS) is 18.6. The van der Waals surface area contributed by atoms with Crippen molar-refractivity contribution in [1.29, 1.82) is 5.26 Å². The minimum Gasteiger partial charge on any atom is -0.368 e. The zero-order valence-electron chi connectivity index (χ0n) is 9.91. The van der Waals surface area contributed by atoms with Crippen LogP contribution in [0.2, 0.25) is 0 Å². The number of hydrogen-bond acceptors (Lipinski definition) is 4. The first-order chi connectivity index (χ1) is 8.93. The number of halogens is 2. The second-order valence-corrected chi connectivity index (χ2v) is 4.12. The predicted molar refractivity (Wildman–Crippen MR) is 60.9 cm³/mol. The Hall–Kier alpha value is -2.49. The number of imide groups is 1. The van der Waals surface area contributed by atoms with Crippen molar-refractivity contribution in [1.82, 2.24) is 4.90 Å². The van der Waals surface area contributed by atoms with Gasteiger partial charge in [-0.3, -0.25) is 14.5 Å². The zero-order valence-corrected chi connectivity index (χ0v) is 9.91. The highest BCUT2D eigenvalue weighted by Gasteiger charge is 2.36. The van der Waals surface area contributed by atoms with Gasteiger partial charge in [0.05, 0.1) is 18.1 Å². The van der Waals surface area contributed by atoms with Crippen LogP contribution in [0.1, 0.15) is 12.0 Å². The van der Waals surface area contributed by atoms with Gasteiger partial charge in [0.25, 0.3) is 5.91 Å². The lowest BCUT2D eigenvalue weighted by Crippen LogP contribution is -2.32. The van der Waals surface area contributed by atoms with Gasteiger partial charge in [0.2, 0.25) is 5.91 Å². The number of amides is 2. The molecule has 0 bridgehead atoms. The summed E-state index contributed by atoms with van der Waals surface area (Å²) in [6, 6.07) is 2.34. The highest BCUT2D eigenvalue weighted by Crippen LogP contribution is 2.24. The van der Waals surface area contributed by atoms with Crippen molar-refractivity contribution in [3.8, 4) is 6.07 Å². The van der Waals surface area contributed by atoms with Crippen molar-refractivity contribution in [2.24, 2.45) is 0 Å². The maximum absolute atomic E-state index is 13.6. The third kappa shape index (κ3) is 2.25. The molecule has 0 saturated carbocycles. The van der Waals surface area contributed by atoms with Gasteiger partial charge in [-0.05, 0) is 12.1 Å². The minimum absolute atomic E-state index is 0.159. The number of likely N-dealkylation sites (tertiary alicyclic amines) is 1. The Balaban J connectivity index is 2.28. The molecule has 7 heteroatoms. The zero-order chi connectivity index (χ0) is 14.2. The number of rotatable bonds is 2. The fourth-order valence-corrected chi connectivity index (χ4v) is 1.82. The van der Waals surface area contributed by atoms with E-state index >= 15 is 0 Å². The number of nitriles is 1. The Morgan fingerprint density at radius 1 is 1.37 bits per heavy atom. The standard InChI is InChI=1S/C12H9F2N3O2/c1-17-10(18)4-9(12(17)19)16-11-7(13)2-6(5-15)3-8(11)14/h2-3,9,16H,4H2,1H3. The largest absolute Gasteiger partial charge is 0.368 e. The fourth-order valence-electron chi connectivity index (χ4n) is 1.82. The lowest BCUT2D eigenvalue weighted by Gasteiger charge is -2.13. The monoisotopic (exact) mass is 265 g/mol. The predicted octanol–water partition coefficient (Wildman–Crippen LogP) is 1.01. The molecular weight excluding hydrogens is 256 g/mol. The molecule has 1 aromatic rings. The molecule has 1 saturated heterocycles. The Bertz CT molecular complexity index is 586. The molecule has 1 fully saturated rings. The van der Waals surface area contributed by atoms with E-state index in [0.29, 0.717) is 0 Å². The van der Waals surface area contributed by atoms with Crippen LogP contribution < -0.4 is 5.32 Å². The van der Waals surface area contributed by atoms with Crippen LogP contribution in [-0.4, -0.2) is 29.8 Å². The van der Waals surface area contributed by atoms with Crippen molar-refractivity contribution in [3.05, 3.63) is 29.3 Å². The van der Waals surface area contributed by atoms with E-state index in [2.05, 4.69) is 5.32 Å². The molecular formula is C12H9F2N3O2. The van der Waals surface area contributed by atoms with E-state index in [0.717, 1.165) is 17.0 Å². The molecule has 0 aromatic heterocycles. The highest BCUT2D eigenvalue weighted by molar-refractivity contribution is 6.06. The average molecular weight is 265 g/mol. The summed E-state index contributed by atoms with van der Waals surface area (Å²) >= 11 is 0. The van der Waals surface area contributed by atoms with Gasteiger partial charge in [-0.2, -0.15) is 5.26 Å². The highest BCUT2D eigenvalue weighted by atomic mass is 19.1. The first-order valence-corrected chi connectivity index (χ1v) is 5.40. The quantitative estimate of drug-likeness (QED) is 0.810. The summed E-state index contributed by atoms with van der Waals surface area (Å²) in [5, 5.41) is 10.9. The Kier molecular flexibility index (Phi) is 3.17. The van der Waals surface area contributed by atoms with Crippen LogP contribution in [0.15, 0.2) is 12.1 Å². The van der Waals surface area contributed by atoms with Gasteiger partial charge >= 0.3 is 0 Å². The van der Waals surface area contributed by atoms with E-state index in [1.165, 1.54) is 7.05 Å². The van der Waals surface area contributed by atoms with Crippen LogP contribution in [0.3, 0.4) is 0 Å². The van der Waals surface area contributed by atoms with Gasteiger partial charge < -0.3 is 5.32 Å². The molecule has 1 aromatic carbocycles. The van der Waals surface area contributed by atoms with Gasteiger partial charge in [0, 0.05) is 7.05 Å². The molecule has 1 aliphatic rings. The van der Waals surface area contributed by atoms with Crippen LogP contribution in [0.5, 0.6) is 0 Å². The molecule has 0 spiro atoms. The molecule has 1 aliphatic heterocycles. The van der Waals surface area contributed by atoms with E-state index < -0.39 is 35.2 Å². The van der Waals surface area contributed by atoms with Crippen LogP contribution in [0, 0.1) is 23.0 Å². The topological polar surface area (TPSA) is 73.2 Å². The third-order valence-corrected chi connectivity index (χ3v) is 2.87. The second kappa shape index (κ2) is 4.65. The molecule has 19 heavy (non-hydrogen) atoms. The first-order valence-electron chi connectivity index (χ1n) is 5.40. The first kappa shape index (κ1) is 13.0. The summed E-state index contributed by atoms with van der Waals surface area (Å²) < 4.78 is 27.2. The number of carbonyl (C=O) groups is 2. The Morgan fingerprint density at radius 3 is 2.37 bits per heavy atom. The fraction of sp³-hybridized carbons (Fsp3) is 0.250. The van der Waals surface area contributed by atoms with Gasteiger partial charge in [0.15, 0.2) is 11.6 Å². The number of nitrogens with zero attached hydrogens (tertiary/aromatic N) is 2. The van der Waals surface area contributed by atoms with Crippen molar-refractivity contribution >= 4 is 17.5 Å². The number of anilines is 1. The molecule has 5 nitrogen and oxygen atoms in total. The molecule has 0 aliphatic carbocycles. The number of benzene rings is 1. The lowest BCUT2D eigenvalue weighted by atomic mass is 10.1. The molecule has 1 unspecified atom stereocenters. The summed E-state index contributed by atoms with van der Waals surface area (Å²) in [5.41, 5.74) is -0.674. The summed E-state index contributed by atoms with van der Waals surface area (Å²) in [7, 11) is 1.30. The minimum atomic E-state index is -0.991. The van der Waals surface area contributed by atoms with Gasteiger partial charge in [-0.1, -0.05) is 0 Å². The third-order valence-electron chi connectivity index (χ3n) is 2.87. The maximum Gasteiger partial charge on any atom is 0.251 e. The van der Waals surface area contributed by atoms with Crippen LogP contribution >= 0.6 is 0 Å². The molecule has 98 valence electrons. The molecule has 2 rings (SSSR count). The smallest absolute Gasteiger partial charge is 0.251 e. The van der Waals surface area contributed by atoms with Crippen molar-refractivity contribution in [3.63, 3.8) is 0 Å². The Labute approximate surface area is 107 Å². The number of likely N-dealkylation sites (N-methyl/N-ethyl adjacent to an activating group) is 1. The van der Waals surface area contributed by atoms with Crippen LogP contribution in [-0.2, 0) is 9.59 Å². The SMILES string of the molecule is CN1C(=O)CC(Nc2c(F)cc(C#N)cc2F)C1=O. The van der Waals surface area contributed by atoms with Crippen molar-refractivity contribution < 1.29 is 18.4 Å².